The number of esters is 1. The van der Waals surface area contributed by atoms with E-state index in [2.05, 4.69) is 5.32 Å². The van der Waals surface area contributed by atoms with Gasteiger partial charge in [0.15, 0.2) is 6.61 Å². The fraction of sp³-hybridized carbons (Fsp3) is 0.167. The van der Waals surface area contributed by atoms with E-state index in [4.69, 9.17) is 9.15 Å². The molecule has 3 amide bonds. The van der Waals surface area contributed by atoms with Crippen LogP contribution in [0.4, 0.5) is 5.69 Å². The van der Waals surface area contributed by atoms with Crippen LogP contribution in [0.15, 0.2) is 59.2 Å². The van der Waals surface area contributed by atoms with Crippen LogP contribution in [0.2, 0.25) is 0 Å². The number of imide groups is 1. The summed E-state index contributed by atoms with van der Waals surface area (Å²) in [6.45, 7) is 3.41. The highest BCUT2D eigenvalue weighted by Crippen LogP contribution is 2.26. The number of hydrogen-bond acceptors (Lipinski definition) is 6. The predicted octanol–water partition coefficient (Wildman–Crippen LogP) is 3.49. The van der Waals surface area contributed by atoms with Crippen LogP contribution in [-0.4, -0.2) is 35.2 Å². The second-order valence-corrected chi connectivity index (χ2v) is 7.46. The number of furan rings is 1. The van der Waals surface area contributed by atoms with Gasteiger partial charge in [0.05, 0.1) is 29.5 Å². The number of ether oxygens (including phenoxy) is 1. The third-order valence-electron chi connectivity index (χ3n) is 5.23. The smallest absolute Gasteiger partial charge is 0.338 e. The molecule has 0 radical (unpaired) electrons. The van der Waals surface area contributed by atoms with Crippen LogP contribution in [-0.2, 0) is 16.1 Å². The van der Waals surface area contributed by atoms with Gasteiger partial charge < -0.3 is 14.5 Å². The predicted molar refractivity (Wildman–Crippen MR) is 114 cm³/mol. The Morgan fingerprint density at radius 1 is 0.969 bits per heavy atom. The normalized spacial score (nSPS) is 12.6. The van der Waals surface area contributed by atoms with Crippen molar-refractivity contribution in [1.29, 1.82) is 0 Å². The van der Waals surface area contributed by atoms with Gasteiger partial charge in [-0.25, -0.2) is 4.79 Å². The molecule has 3 aromatic rings. The van der Waals surface area contributed by atoms with Gasteiger partial charge in [0.1, 0.15) is 5.76 Å². The lowest BCUT2D eigenvalue weighted by Crippen LogP contribution is -2.28. The van der Waals surface area contributed by atoms with E-state index in [0.717, 1.165) is 16.0 Å². The maximum Gasteiger partial charge on any atom is 0.338 e. The lowest BCUT2D eigenvalue weighted by Gasteiger charge is -2.11. The number of fused-ring (bicyclic) bond motifs is 1. The number of hydrogen-bond donors (Lipinski definition) is 1. The van der Waals surface area contributed by atoms with Crippen molar-refractivity contribution in [3.05, 3.63) is 88.4 Å². The van der Waals surface area contributed by atoms with Gasteiger partial charge in [-0.3, -0.25) is 19.3 Å². The summed E-state index contributed by atoms with van der Waals surface area (Å²) in [5.74, 6) is -1.78. The molecule has 1 N–H and O–H groups in total. The van der Waals surface area contributed by atoms with E-state index in [0.29, 0.717) is 11.4 Å². The van der Waals surface area contributed by atoms with Gasteiger partial charge in [0.25, 0.3) is 17.7 Å². The number of anilines is 1. The quantitative estimate of drug-likeness (QED) is 0.472. The topological polar surface area (TPSA) is 106 Å². The molecule has 0 bridgehead atoms. The Balaban J connectivity index is 1.40. The van der Waals surface area contributed by atoms with Crippen molar-refractivity contribution in [3.8, 4) is 0 Å². The van der Waals surface area contributed by atoms with Crippen LogP contribution in [0.25, 0.3) is 0 Å². The SMILES string of the molecule is Cc1ccc(NC(=O)COC(=O)c2ccc3c(c2)C(=O)N(Cc2ccco2)C3=O)cc1C. The van der Waals surface area contributed by atoms with Crippen LogP contribution in [0.5, 0.6) is 0 Å². The summed E-state index contributed by atoms with van der Waals surface area (Å²) in [6, 6.07) is 12.9. The Labute approximate surface area is 183 Å². The lowest BCUT2D eigenvalue weighted by molar-refractivity contribution is -0.119. The summed E-state index contributed by atoms with van der Waals surface area (Å²) in [5, 5.41) is 2.67. The number of carbonyl (C=O) groups is 4. The molecule has 0 fully saturated rings. The zero-order chi connectivity index (χ0) is 22.8. The van der Waals surface area contributed by atoms with E-state index in [-0.39, 0.29) is 23.2 Å². The Morgan fingerprint density at radius 2 is 1.75 bits per heavy atom. The average Bonchev–Trinajstić information content (AvgIpc) is 3.37. The van der Waals surface area contributed by atoms with Gasteiger partial charge in [0.2, 0.25) is 0 Å². The van der Waals surface area contributed by atoms with Crippen molar-refractivity contribution >= 4 is 29.4 Å². The molecule has 4 rings (SSSR count). The second-order valence-electron chi connectivity index (χ2n) is 7.46. The van der Waals surface area contributed by atoms with Crippen molar-refractivity contribution in [2.24, 2.45) is 0 Å². The summed E-state index contributed by atoms with van der Waals surface area (Å²) >= 11 is 0. The minimum Gasteiger partial charge on any atom is -0.467 e. The summed E-state index contributed by atoms with van der Waals surface area (Å²) in [7, 11) is 0. The van der Waals surface area contributed by atoms with Gasteiger partial charge in [0, 0.05) is 5.69 Å². The van der Waals surface area contributed by atoms with E-state index < -0.39 is 30.3 Å². The van der Waals surface area contributed by atoms with Crippen molar-refractivity contribution in [3.63, 3.8) is 0 Å². The van der Waals surface area contributed by atoms with E-state index in [1.165, 1.54) is 24.5 Å². The molecule has 8 nitrogen and oxygen atoms in total. The maximum atomic E-state index is 12.7. The number of benzene rings is 2. The van der Waals surface area contributed by atoms with E-state index in [9.17, 15) is 19.2 Å². The van der Waals surface area contributed by atoms with Crippen molar-refractivity contribution < 1.29 is 28.3 Å². The molecule has 1 aromatic heterocycles. The van der Waals surface area contributed by atoms with Gasteiger partial charge >= 0.3 is 5.97 Å². The van der Waals surface area contributed by atoms with Crippen LogP contribution in [0, 0.1) is 13.8 Å². The summed E-state index contributed by atoms with van der Waals surface area (Å²) in [4.78, 5) is 50.8. The Hall–Kier alpha value is -4.20. The number of nitrogens with zero attached hydrogens (tertiary/aromatic N) is 1. The number of rotatable bonds is 6. The highest BCUT2D eigenvalue weighted by molar-refractivity contribution is 6.21. The number of nitrogens with one attached hydrogen (secondary N) is 1. The minimum atomic E-state index is -0.771. The van der Waals surface area contributed by atoms with Crippen LogP contribution in [0.1, 0.15) is 48.0 Å². The molecule has 0 aliphatic carbocycles. The molecular formula is C24H20N2O6. The van der Waals surface area contributed by atoms with Crippen molar-refractivity contribution in [1.82, 2.24) is 4.90 Å². The minimum absolute atomic E-state index is 0.00220. The third-order valence-corrected chi connectivity index (χ3v) is 5.23. The molecule has 0 saturated heterocycles. The molecule has 0 atom stereocenters. The number of amides is 3. The molecule has 1 aliphatic heterocycles. The summed E-state index contributed by atoms with van der Waals surface area (Å²) in [5.41, 5.74) is 3.11. The molecule has 8 heteroatoms. The maximum absolute atomic E-state index is 12.7. The second kappa shape index (κ2) is 8.50. The van der Waals surface area contributed by atoms with Crippen molar-refractivity contribution in [2.45, 2.75) is 20.4 Å². The van der Waals surface area contributed by atoms with Gasteiger partial charge in [-0.05, 0) is 67.4 Å². The molecule has 0 spiro atoms. The van der Waals surface area contributed by atoms with E-state index in [1.807, 2.05) is 26.0 Å². The first-order valence-corrected chi connectivity index (χ1v) is 9.90. The first-order chi connectivity index (χ1) is 15.3. The van der Waals surface area contributed by atoms with E-state index in [1.54, 1.807) is 18.2 Å². The van der Waals surface area contributed by atoms with Gasteiger partial charge in [-0.15, -0.1) is 0 Å². The fourth-order valence-electron chi connectivity index (χ4n) is 3.35. The highest BCUT2D eigenvalue weighted by Gasteiger charge is 2.36. The Morgan fingerprint density at radius 3 is 2.47 bits per heavy atom. The zero-order valence-corrected chi connectivity index (χ0v) is 17.5. The lowest BCUT2D eigenvalue weighted by atomic mass is 10.1. The van der Waals surface area contributed by atoms with Crippen LogP contribution in [0.3, 0.4) is 0 Å². The van der Waals surface area contributed by atoms with Gasteiger partial charge in [-0.2, -0.15) is 0 Å². The zero-order valence-electron chi connectivity index (χ0n) is 17.5. The highest BCUT2D eigenvalue weighted by atomic mass is 16.5. The summed E-state index contributed by atoms with van der Waals surface area (Å²) in [6.07, 6.45) is 1.46. The summed E-state index contributed by atoms with van der Waals surface area (Å²) < 4.78 is 10.3. The monoisotopic (exact) mass is 432 g/mol. The van der Waals surface area contributed by atoms with Crippen LogP contribution < -0.4 is 5.32 Å². The Kier molecular flexibility index (Phi) is 5.59. The first-order valence-electron chi connectivity index (χ1n) is 9.90. The van der Waals surface area contributed by atoms with E-state index >= 15 is 0 Å². The van der Waals surface area contributed by atoms with Crippen molar-refractivity contribution in [2.75, 3.05) is 11.9 Å². The average molecular weight is 432 g/mol. The van der Waals surface area contributed by atoms with Gasteiger partial charge in [-0.1, -0.05) is 6.07 Å². The number of aryl methyl sites for hydroxylation is 2. The molecule has 2 heterocycles. The first kappa shape index (κ1) is 21.0. The molecule has 2 aromatic carbocycles. The largest absolute Gasteiger partial charge is 0.467 e. The standard InChI is InChI=1S/C24H20N2O6/c1-14-5-7-17(10-15(14)2)25-21(27)13-32-24(30)16-6-8-19-20(11-16)23(29)26(22(19)28)12-18-4-3-9-31-18/h3-11H,12-13H2,1-2H3,(H,25,27). The molecule has 0 saturated carbocycles. The number of carbonyl (C=O) groups excluding carboxylic acids is 4. The molecule has 1 aliphatic rings. The Bertz CT molecular complexity index is 1230. The molecule has 162 valence electrons. The molecule has 32 heavy (non-hydrogen) atoms. The third kappa shape index (κ3) is 4.15. The van der Waals surface area contributed by atoms with Crippen LogP contribution >= 0.6 is 0 Å². The molecule has 0 unspecified atom stereocenters. The molecular weight excluding hydrogens is 412 g/mol. The fourth-order valence-corrected chi connectivity index (χ4v) is 3.35.